The lowest BCUT2D eigenvalue weighted by Gasteiger charge is -2.29. The fourth-order valence-corrected chi connectivity index (χ4v) is 5.00. The average molecular weight is 496 g/mol. The first-order chi connectivity index (χ1) is 18.6. The number of rotatable bonds is 6. The lowest BCUT2D eigenvalue weighted by Crippen LogP contribution is -2.12. The van der Waals surface area contributed by atoms with E-state index in [1.54, 1.807) is 12.1 Å². The molecule has 5 heteroatoms. The molecule has 6 aromatic rings. The van der Waals surface area contributed by atoms with Crippen LogP contribution in [-0.2, 0) is 0 Å². The smallest absolute Gasteiger partial charge is 0.271 e. The van der Waals surface area contributed by atoms with Gasteiger partial charge in [-0.1, -0.05) is 78.9 Å². The van der Waals surface area contributed by atoms with E-state index in [1.165, 1.54) is 27.6 Å². The molecule has 0 heterocycles. The quantitative estimate of drug-likeness (QED) is 0.171. The predicted octanol–water partition coefficient (Wildman–Crippen LogP) is 9.14. The van der Waals surface area contributed by atoms with Crippen LogP contribution in [0.1, 0.15) is 0 Å². The summed E-state index contributed by atoms with van der Waals surface area (Å²) in [5, 5.41) is 16.0. The van der Waals surface area contributed by atoms with Gasteiger partial charge in [0.15, 0.2) is 0 Å². The average Bonchev–Trinajstić information content (AvgIpc) is 2.97. The van der Waals surface area contributed by atoms with Crippen molar-refractivity contribution in [3.05, 3.63) is 144 Å². The van der Waals surface area contributed by atoms with Gasteiger partial charge in [0.2, 0.25) is 0 Å². The van der Waals surface area contributed by atoms with Crippen molar-refractivity contribution in [1.82, 2.24) is 0 Å². The van der Waals surface area contributed by atoms with E-state index in [1.807, 2.05) is 18.0 Å². The Hall–Kier alpha value is -5.16. The molecule has 0 spiro atoms. The third-order valence-corrected chi connectivity index (χ3v) is 6.94. The Labute approximate surface area is 221 Å². The summed E-state index contributed by atoms with van der Waals surface area (Å²) in [6, 6.07) is 44.6. The molecule has 0 aliphatic heterocycles. The highest BCUT2D eigenvalue weighted by Gasteiger charge is 2.18. The molecule has 0 aliphatic carbocycles. The molecule has 184 valence electrons. The van der Waals surface area contributed by atoms with Crippen molar-refractivity contribution in [2.24, 2.45) is 0 Å². The SMILES string of the molecule is CN(c1ccc(N(c2cccc3ccccc23)c2cccc3ccccc23)cc1)c1cccc([N+](=O)[O-])c1. The van der Waals surface area contributed by atoms with E-state index in [0.29, 0.717) is 0 Å². The monoisotopic (exact) mass is 495 g/mol. The maximum atomic E-state index is 11.3. The van der Waals surface area contributed by atoms with Crippen LogP contribution < -0.4 is 9.80 Å². The summed E-state index contributed by atoms with van der Waals surface area (Å²) in [5.41, 5.74) is 4.98. The van der Waals surface area contributed by atoms with Crippen LogP contribution in [-0.4, -0.2) is 12.0 Å². The summed E-state index contributed by atoms with van der Waals surface area (Å²) in [5.74, 6) is 0. The number of hydrogen-bond donors (Lipinski definition) is 0. The normalized spacial score (nSPS) is 11.0. The summed E-state index contributed by atoms with van der Waals surface area (Å²) >= 11 is 0. The van der Waals surface area contributed by atoms with Gasteiger partial charge in [0.1, 0.15) is 0 Å². The van der Waals surface area contributed by atoms with E-state index in [4.69, 9.17) is 0 Å². The lowest BCUT2D eigenvalue weighted by atomic mass is 10.0. The van der Waals surface area contributed by atoms with Gasteiger partial charge in [0.25, 0.3) is 5.69 Å². The Morgan fingerprint density at radius 1 is 0.553 bits per heavy atom. The number of hydrogen-bond acceptors (Lipinski definition) is 4. The fraction of sp³-hybridized carbons (Fsp3) is 0.0303. The molecule has 0 saturated heterocycles. The zero-order valence-electron chi connectivity index (χ0n) is 20.9. The Bertz CT molecular complexity index is 1690. The predicted molar refractivity (Wildman–Crippen MR) is 157 cm³/mol. The van der Waals surface area contributed by atoms with E-state index in [2.05, 4.69) is 114 Å². The van der Waals surface area contributed by atoms with Crippen LogP contribution in [0.4, 0.5) is 34.1 Å². The highest BCUT2D eigenvalue weighted by molar-refractivity contribution is 6.04. The maximum Gasteiger partial charge on any atom is 0.271 e. The first-order valence-corrected chi connectivity index (χ1v) is 12.4. The van der Waals surface area contributed by atoms with Crippen LogP contribution in [0.2, 0.25) is 0 Å². The summed E-state index contributed by atoms with van der Waals surface area (Å²) in [7, 11) is 1.92. The molecule has 0 N–H and O–H groups in total. The first-order valence-electron chi connectivity index (χ1n) is 12.4. The van der Waals surface area contributed by atoms with Crippen molar-refractivity contribution >= 4 is 55.7 Å². The van der Waals surface area contributed by atoms with Crippen LogP contribution in [0, 0.1) is 10.1 Å². The summed E-state index contributed by atoms with van der Waals surface area (Å²) < 4.78 is 0. The van der Waals surface area contributed by atoms with Crippen molar-refractivity contribution in [1.29, 1.82) is 0 Å². The molecule has 0 fully saturated rings. The Morgan fingerprint density at radius 3 is 1.63 bits per heavy atom. The largest absolute Gasteiger partial charge is 0.344 e. The zero-order valence-corrected chi connectivity index (χ0v) is 20.9. The second kappa shape index (κ2) is 9.71. The molecule has 0 amide bonds. The second-order valence-electron chi connectivity index (χ2n) is 9.18. The molecule has 0 unspecified atom stereocenters. The van der Waals surface area contributed by atoms with Gasteiger partial charge in [-0.2, -0.15) is 0 Å². The van der Waals surface area contributed by atoms with Crippen molar-refractivity contribution in [3.8, 4) is 0 Å². The number of fused-ring (bicyclic) bond motifs is 2. The van der Waals surface area contributed by atoms with Crippen LogP contribution >= 0.6 is 0 Å². The van der Waals surface area contributed by atoms with Gasteiger partial charge < -0.3 is 9.80 Å². The van der Waals surface area contributed by atoms with Gasteiger partial charge in [-0.3, -0.25) is 10.1 Å². The third kappa shape index (κ3) is 4.20. The minimum atomic E-state index is -0.368. The standard InChI is InChI=1S/C33H25N3O2/c1-34(28-13-8-14-29(23-28)36(37)38)26-19-21-27(22-20-26)35(32-17-6-11-24-9-2-4-15-30(24)32)33-18-7-12-25-10-3-5-16-31(25)33/h2-23H,1H3. The van der Waals surface area contributed by atoms with Crippen LogP contribution in [0.15, 0.2) is 133 Å². The first kappa shape index (κ1) is 23.3. The number of nitro groups is 1. The molecular weight excluding hydrogens is 470 g/mol. The van der Waals surface area contributed by atoms with Gasteiger partial charge in [0, 0.05) is 47.0 Å². The van der Waals surface area contributed by atoms with Gasteiger partial charge in [-0.25, -0.2) is 0 Å². The fourth-order valence-electron chi connectivity index (χ4n) is 5.00. The molecule has 6 rings (SSSR count). The van der Waals surface area contributed by atoms with Gasteiger partial charge in [0.05, 0.1) is 16.3 Å². The number of non-ortho nitro benzene ring substituents is 1. The molecule has 0 bridgehead atoms. The van der Waals surface area contributed by atoms with Crippen LogP contribution in [0.3, 0.4) is 0 Å². The van der Waals surface area contributed by atoms with Crippen molar-refractivity contribution in [2.45, 2.75) is 0 Å². The number of nitrogens with zero attached hydrogens (tertiary/aromatic N) is 3. The van der Waals surface area contributed by atoms with Crippen LogP contribution in [0.25, 0.3) is 21.5 Å². The van der Waals surface area contributed by atoms with E-state index in [-0.39, 0.29) is 10.6 Å². The lowest BCUT2D eigenvalue weighted by molar-refractivity contribution is -0.384. The molecule has 6 aromatic carbocycles. The molecule has 0 radical (unpaired) electrons. The highest BCUT2D eigenvalue weighted by atomic mass is 16.6. The highest BCUT2D eigenvalue weighted by Crippen LogP contribution is 2.42. The number of nitro benzene ring substituents is 1. The Morgan fingerprint density at radius 2 is 1.05 bits per heavy atom. The molecule has 0 aliphatic rings. The van der Waals surface area contributed by atoms with Gasteiger partial charge in [-0.15, -0.1) is 0 Å². The number of anilines is 5. The molecule has 38 heavy (non-hydrogen) atoms. The van der Waals surface area contributed by atoms with Crippen LogP contribution in [0.5, 0.6) is 0 Å². The van der Waals surface area contributed by atoms with E-state index in [9.17, 15) is 10.1 Å². The van der Waals surface area contributed by atoms with E-state index in [0.717, 1.165) is 28.4 Å². The maximum absolute atomic E-state index is 11.3. The molecule has 5 nitrogen and oxygen atoms in total. The molecule has 0 aromatic heterocycles. The Balaban J connectivity index is 1.48. The van der Waals surface area contributed by atoms with Gasteiger partial charge >= 0.3 is 0 Å². The molecular formula is C33H25N3O2. The minimum Gasteiger partial charge on any atom is -0.344 e. The zero-order chi connectivity index (χ0) is 26.1. The summed E-state index contributed by atoms with van der Waals surface area (Å²) in [6.45, 7) is 0. The third-order valence-electron chi connectivity index (χ3n) is 6.94. The molecule has 0 saturated carbocycles. The minimum absolute atomic E-state index is 0.0732. The number of benzene rings is 6. The topological polar surface area (TPSA) is 49.6 Å². The van der Waals surface area contributed by atoms with Crippen molar-refractivity contribution in [2.75, 3.05) is 16.8 Å². The van der Waals surface area contributed by atoms with Crippen molar-refractivity contribution < 1.29 is 4.92 Å². The summed E-state index contributed by atoms with van der Waals surface area (Å²) in [6.07, 6.45) is 0. The van der Waals surface area contributed by atoms with Crippen molar-refractivity contribution in [3.63, 3.8) is 0 Å². The summed E-state index contributed by atoms with van der Waals surface area (Å²) in [4.78, 5) is 15.2. The second-order valence-corrected chi connectivity index (χ2v) is 9.18. The molecule has 0 atom stereocenters. The Kier molecular flexibility index (Phi) is 5.94. The van der Waals surface area contributed by atoms with E-state index < -0.39 is 0 Å². The van der Waals surface area contributed by atoms with E-state index >= 15 is 0 Å². The van der Waals surface area contributed by atoms with Gasteiger partial charge in [-0.05, 0) is 53.2 Å².